The van der Waals surface area contributed by atoms with Gasteiger partial charge in [0.1, 0.15) is 5.76 Å². The molecule has 0 aliphatic rings. The number of benzene rings is 1. The molecular formula is C14H17NO2. The molecule has 0 aliphatic carbocycles. The average molecular weight is 231 g/mol. The Labute approximate surface area is 101 Å². The summed E-state index contributed by atoms with van der Waals surface area (Å²) >= 11 is 0. The van der Waals surface area contributed by atoms with E-state index in [4.69, 9.17) is 10.2 Å². The topological polar surface area (TPSA) is 59.4 Å². The molecule has 2 atom stereocenters. The molecule has 0 saturated heterocycles. The normalized spacial score (nSPS) is 14.5. The molecule has 1 heterocycles. The van der Waals surface area contributed by atoms with Crippen LogP contribution in [0, 0.1) is 6.92 Å². The lowest BCUT2D eigenvalue weighted by Gasteiger charge is -2.20. The monoisotopic (exact) mass is 231 g/mol. The third kappa shape index (κ3) is 2.57. The fourth-order valence-corrected chi connectivity index (χ4v) is 2.00. The van der Waals surface area contributed by atoms with E-state index in [1.54, 1.807) is 6.26 Å². The van der Waals surface area contributed by atoms with Gasteiger partial charge in [-0.05, 0) is 18.6 Å². The fraction of sp³-hybridized carbons (Fsp3) is 0.286. The second kappa shape index (κ2) is 5.17. The molecule has 2 unspecified atom stereocenters. The van der Waals surface area contributed by atoms with Crippen molar-refractivity contribution < 1.29 is 9.52 Å². The van der Waals surface area contributed by atoms with Crippen LogP contribution in [0.3, 0.4) is 0 Å². The minimum absolute atomic E-state index is 0.104. The lowest BCUT2D eigenvalue weighted by molar-refractivity contribution is 0.146. The maximum absolute atomic E-state index is 10.3. The van der Waals surface area contributed by atoms with Crippen LogP contribution in [-0.4, -0.2) is 11.7 Å². The summed E-state index contributed by atoms with van der Waals surface area (Å²) in [7, 11) is 0. The predicted molar refractivity (Wildman–Crippen MR) is 66.6 cm³/mol. The van der Waals surface area contributed by atoms with E-state index in [-0.39, 0.29) is 5.92 Å². The molecule has 0 aliphatic heterocycles. The smallest absolute Gasteiger partial charge is 0.101 e. The molecule has 17 heavy (non-hydrogen) atoms. The Kier molecular flexibility index (Phi) is 3.61. The van der Waals surface area contributed by atoms with E-state index >= 15 is 0 Å². The Morgan fingerprint density at radius 1 is 1.24 bits per heavy atom. The van der Waals surface area contributed by atoms with Crippen LogP contribution in [-0.2, 0) is 0 Å². The summed E-state index contributed by atoms with van der Waals surface area (Å²) in [4.78, 5) is 0. The molecule has 2 aromatic rings. The Morgan fingerprint density at radius 2 is 1.94 bits per heavy atom. The highest BCUT2D eigenvalue weighted by Crippen LogP contribution is 2.30. The molecule has 0 saturated carbocycles. The minimum atomic E-state index is -0.625. The summed E-state index contributed by atoms with van der Waals surface area (Å²) in [5.74, 6) is 0.691. The highest BCUT2D eigenvalue weighted by Gasteiger charge is 2.22. The molecule has 3 heteroatoms. The van der Waals surface area contributed by atoms with Gasteiger partial charge in [-0.1, -0.05) is 30.3 Å². The first-order valence-corrected chi connectivity index (χ1v) is 5.70. The summed E-state index contributed by atoms with van der Waals surface area (Å²) in [5, 5.41) is 10.3. The van der Waals surface area contributed by atoms with Crippen molar-refractivity contribution in [3.63, 3.8) is 0 Å². The zero-order valence-corrected chi connectivity index (χ0v) is 9.84. The van der Waals surface area contributed by atoms with Gasteiger partial charge in [0.25, 0.3) is 0 Å². The van der Waals surface area contributed by atoms with E-state index in [1.807, 2.05) is 43.3 Å². The first-order chi connectivity index (χ1) is 8.22. The lowest BCUT2D eigenvalue weighted by Crippen LogP contribution is -2.19. The van der Waals surface area contributed by atoms with Gasteiger partial charge >= 0.3 is 0 Å². The standard InChI is InChI=1S/C14H17NO2/c1-10-7-12(9-17-10)14(16)13(8-15)11-5-3-2-4-6-11/h2-7,9,13-14,16H,8,15H2,1H3. The van der Waals surface area contributed by atoms with Crippen LogP contribution < -0.4 is 5.73 Å². The van der Waals surface area contributed by atoms with Gasteiger partial charge in [0.2, 0.25) is 0 Å². The van der Waals surface area contributed by atoms with Crippen LogP contribution in [0.4, 0.5) is 0 Å². The SMILES string of the molecule is Cc1cc(C(O)C(CN)c2ccccc2)co1. The first kappa shape index (κ1) is 11.9. The third-order valence-electron chi connectivity index (χ3n) is 2.96. The van der Waals surface area contributed by atoms with Crippen LogP contribution in [0.1, 0.15) is 28.9 Å². The van der Waals surface area contributed by atoms with Gasteiger partial charge in [-0.2, -0.15) is 0 Å². The van der Waals surface area contributed by atoms with Crippen molar-refractivity contribution in [2.24, 2.45) is 5.73 Å². The largest absolute Gasteiger partial charge is 0.469 e. The molecule has 0 amide bonds. The van der Waals surface area contributed by atoms with Crippen molar-refractivity contribution >= 4 is 0 Å². The van der Waals surface area contributed by atoms with Gasteiger partial charge < -0.3 is 15.3 Å². The highest BCUT2D eigenvalue weighted by atomic mass is 16.3. The van der Waals surface area contributed by atoms with E-state index in [9.17, 15) is 5.11 Å². The molecule has 0 radical (unpaired) electrons. The summed E-state index contributed by atoms with van der Waals surface area (Å²) < 4.78 is 5.22. The quantitative estimate of drug-likeness (QED) is 0.849. The third-order valence-corrected chi connectivity index (χ3v) is 2.96. The van der Waals surface area contributed by atoms with Crippen molar-refractivity contribution in [1.82, 2.24) is 0 Å². The molecular weight excluding hydrogens is 214 g/mol. The van der Waals surface area contributed by atoms with Crippen LogP contribution in [0.15, 0.2) is 47.1 Å². The maximum atomic E-state index is 10.3. The molecule has 2 rings (SSSR count). The number of rotatable bonds is 4. The Bertz CT molecular complexity index is 464. The second-order valence-corrected chi connectivity index (χ2v) is 4.19. The number of aliphatic hydroxyl groups is 1. The van der Waals surface area contributed by atoms with Crippen molar-refractivity contribution in [1.29, 1.82) is 0 Å². The molecule has 1 aromatic carbocycles. The Hall–Kier alpha value is -1.58. The zero-order valence-electron chi connectivity index (χ0n) is 9.84. The fourth-order valence-electron chi connectivity index (χ4n) is 2.00. The number of nitrogens with two attached hydrogens (primary N) is 1. The van der Waals surface area contributed by atoms with Gasteiger partial charge in [0.05, 0.1) is 12.4 Å². The van der Waals surface area contributed by atoms with E-state index in [0.29, 0.717) is 6.54 Å². The summed E-state index contributed by atoms with van der Waals surface area (Å²) in [6, 6.07) is 11.7. The number of aryl methyl sites for hydroxylation is 1. The van der Waals surface area contributed by atoms with Gasteiger partial charge in [-0.3, -0.25) is 0 Å². The molecule has 0 bridgehead atoms. The zero-order chi connectivity index (χ0) is 12.3. The molecule has 0 fully saturated rings. The highest BCUT2D eigenvalue weighted by molar-refractivity contribution is 5.26. The lowest BCUT2D eigenvalue weighted by atomic mass is 9.90. The number of hydrogen-bond acceptors (Lipinski definition) is 3. The molecule has 3 nitrogen and oxygen atoms in total. The summed E-state index contributed by atoms with van der Waals surface area (Å²) in [5.41, 5.74) is 7.58. The van der Waals surface area contributed by atoms with Gasteiger partial charge in [0, 0.05) is 18.0 Å². The summed E-state index contributed by atoms with van der Waals surface area (Å²) in [6.45, 7) is 2.26. The Morgan fingerprint density at radius 3 is 2.47 bits per heavy atom. The molecule has 1 aromatic heterocycles. The summed E-state index contributed by atoms with van der Waals surface area (Å²) in [6.07, 6.45) is 0.964. The van der Waals surface area contributed by atoms with Crippen LogP contribution >= 0.6 is 0 Å². The number of furan rings is 1. The van der Waals surface area contributed by atoms with E-state index in [1.165, 1.54) is 0 Å². The minimum Gasteiger partial charge on any atom is -0.469 e. The van der Waals surface area contributed by atoms with Gasteiger partial charge in [-0.15, -0.1) is 0 Å². The maximum Gasteiger partial charge on any atom is 0.101 e. The first-order valence-electron chi connectivity index (χ1n) is 5.70. The van der Waals surface area contributed by atoms with E-state index in [0.717, 1.165) is 16.9 Å². The number of aliphatic hydroxyl groups excluding tert-OH is 1. The molecule has 90 valence electrons. The molecule has 0 spiro atoms. The second-order valence-electron chi connectivity index (χ2n) is 4.19. The van der Waals surface area contributed by atoms with Crippen molar-refractivity contribution in [3.05, 3.63) is 59.5 Å². The van der Waals surface area contributed by atoms with Crippen LogP contribution in [0.2, 0.25) is 0 Å². The van der Waals surface area contributed by atoms with Crippen LogP contribution in [0.25, 0.3) is 0 Å². The van der Waals surface area contributed by atoms with Crippen molar-refractivity contribution in [2.45, 2.75) is 18.9 Å². The van der Waals surface area contributed by atoms with E-state index < -0.39 is 6.10 Å². The van der Waals surface area contributed by atoms with Gasteiger partial charge in [0.15, 0.2) is 0 Å². The molecule has 3 N–H and O–H groups in total. The van der Waals surface area contributed by atoms with Crippen LogP contribution in [0.5, 0.6) is 0 Å². The van der Waals surface area contributed by atoms with E-state index in [2.05, 4.69) is 0 Å². The van der Waals surface area contributed by atoms with Gasteiger partial charge in [-0.25, -0.2) is 0 Å². The Balaban J connectivity index is 2.25. The predicted octanol–water partition coefficient (Wildman–Crippen LogP) is 2.36. The van der Waals surface area contributed by atoms with Crippen molar-refractivity contribution in [2.75, 3.05) is 6.54 Å². The van der Waals surface area contributed by atoms with Crippen molar-refractivity contribution in [3.8, 4) is 0 Å². The average Bonchev–Trinajstić information content (AvgIpc) is 2.78. The number of hydrogen-bond donors (Lipinski definition) is 2.